The van der Waals surface area contributed by atoms with Crippen molar-refractivity contribution in [3.05, 3.63) is 71.8 Å². The molecule has 0 unspecified atom stereocenters. The molecule has 0 heterocycles. The average molecular weight is 323 g/mol. The molecule has 3 heteroatoms. The van der Waals surface area contributed by atoms with Crippen molar-refractivity contribution in [3.63, 3.8) is 0 Å². The van der Waals surface area contributed by atoms with Gasteiger partial charge in [0.15, 0.2) is 0 Å². The third-order valence-electron chi connectivity index (χ3n) is 5.02. The molecule has 3 nitrogen and oxygen atoms in total. The first-order valence-electron chi connectivity index (χ1n) is 8.80. The van der Waals surface area contributed by atoms with Crippen molar-refractivity contribution in [2.24, 2.45) is 0 Å². The summed E-state index contributed by atoms with van der Waals surface area (Å²) in [5.74, 6) is -0.148. The van der Waals surface area contributed by atoms with Crippen molar-refractivity contribution in [2.75, 3.05) is 0 Å². The van der Waals surface area contributed by atoms with Gasteiger partial charge >= 0.3 is 5.97 Å². The lowest BCUT2D eigenvalue weighted by atomic mass is 9.81. The fourth-order valence-corrected chi connectivity index (χ4v) is 3.67. The van der Waals surface area contributed by atoms with E-state index in [-0.39, 0.29) is 0 Å². The molecule has 2 N–H and O–H groups in total. The number of carboxylic acid groups (broad SMARTS) is 1. The second kappa shape index (κ2) is 8.11. The van der Waals surface area contributed by atoms with Gasteiger partial charge in [0.25, 0.3) is 0 Å². The van der Waals surface area contributed by atoms with Gasteiger partial charge in [-0.05, 0) is 49.1 Å². The molecule has 1 aliphatic carbocycles. The molecule has 0 spiro atoms. The Labute approximate surface area is 143 Å². The Balaban J connectivity index is 1.54. The summed E-state index contributed by atoms with van der Waals surface area (Å²) in [5.41, 5.74) is 2.48. The minimum absolute atomic E-state index is 0.301. The molecule has 0 bridgehead atoms. The Morgan fingerprint density at radius 2 is 1.54 bits per heavy atom. The van der Waals surface area contributed by atoms with E-state index in [9.17, 15) is 9.90 Å². The first-order chi connectivity index (χ1) is 11.7. The molecule has 2 aromatic rings. The maximum Gasteiger partial charge on any atom is 0.321 e. The lowest BCUT2D eigenvalue weighted by molar-refractivity contribution is -0.139. The van der Waals surface area contributed by atoms with Crippen molar-refractivity contribution in [1.29, 1.82) is 0 Å². The molecule has 126 valence electrons. The molecule has 0 amide bonds. The summed E-state index contributed by atoms with van der Waals surface area (Å²) in [6.45, 7) is 0. The lowest BCUT2D eigenvalue weighted by Gasteiger charge is -2.31. The first-order valence-corrected chi connectivity index (χ1v) is 8.80. The van der Waals surface area contributed by atoms with Gasteiger partial charge in [0, 0.05) is 6.04 Å². The summed E-state index contributed by atoms with van der Waals surface area (Å²) in [7, 11) is 0. The molecule has 1 atom stereocenters. The molecule has 2 aromatic carbocycles. The molecule has 24 heavy (non-hydrogen) atoms. The van der Waals surface area contributed by atoms with Crippen LogP contribution in [0.4, 0.5) is 0 Å². The number of hydrogen-bond donors (Lipinski definition) is 2. The van der Waals surface area contributed by atoms with Crippen LogP contribution in [0.5, 0.6) is 0 Å². The molecule has 1 saturated carbocycles. The highest BCUT2D eigenvalue weighted by Crippen LogP contribution is 2.32. The van der Waals surface area contributed by atoms with Gasteiger partial charge in [-0.15, -0.1) is 0 Å². The van der Waals surface area contributed by atoms with Crippen LogP contribution in [0, 0.1) is 0 Å². The van der Waals surface area contributed by atoms with Gasteiger partial charge in [0.05, 0.1) is 0 Å². The van der Waals surface area contributed by atoms with E-state index >= 15 is 0 Å². The highest BCUT2D eigenvalue weighted by Gasteiger charge is 2.26. The number of nitrogens with one attached hydrogen (secondary N) is 1. The maximum absolute atomic E-state index is 11.6. The molecule has 0 aliphatic heterocycles. The van der Waals surface area contributed by atoms with Crippen molar-refractivity contribution in [2.45, 2.75) is 50.1 Å². The Hall–Kier alpha value is -2.13. The molecule has 0 aromatic heterocycles. The molecule has 1 aliphatic rings. The summed E-state index contributed by atoms with van der Waals surface area (Å²) in [5, 5.41) is 12.9. The average Bonchev–Trinajstić information content (AvgIpc) is 2.63. The van der Waals surface area contributed by atoms with E-state index in [4.69, 9.17) is 0 Å². The van der Waals surface area contributed by atoms with Crippen LogP contribution in [-0.2, 0) is 11.2 Å². The van der Waals surface area contributed by atoms with Crippen LogP contribution in [0.25, 0.3) is 0 Å². The third kappa shape index (κ3) is 4.45. The van der Waals surface area contributed by atoms with E-state index < -0.39 is 12.0 Å². The Bertz CT molecular complexity index is 633. The second-order valence-corrected chi connectivity index (χ2v) is 6.71. The topological polar surface area (TPSA) is 49.3 Å². The Kier molecular flexibility index (Phi) is 5.65. The highest BCUT2D eigenvalue weighted by atomic mass is 16.4. The predicted molar refractivity (Wildman–Crippen MR) is 96.1 cm³/mol. The molecular formula is C21H25NO2. The molecule has 1 fully saturated rings. The largest absolute Gasteiger partial charge is 0.480 e. The number of benzene rings is 2. The smallest absolute Gasteiger partial charge is 0.321 e. The number of aliphatic carboxylic acids is 1. The maximum atomic E-state index is 11.6. The summed E-state index contributed by atoms with van der Waals surface area (Å²) >= 11 is 0. The van der Waals surface area contributed by atoms with E-state index in [1.54, 1.807) is 0 Å². The first kappa shape index (κ1) is 16.7. The fraction of sp³-hybridized carbons (Fsp3) is 0.381. The summed E-state index contributed by atoms with van der Waals surface area (Å²) < 4.78 is 0. The monoisotopic (exact) mass is 323 g/mol. The minimum atomic E-state index is -0.760. The zero-order valence-electron chi connectivity index (χ0n) is 13.9. The van der Waals surface area contributed by atoms with Crippen molar-refractivity contribution < 1.29 is 9.90 Å². The summed E-state index contributed by atoms with van der Waals surface area (Å²) in [6.07, 6.45) is 4.86. The van der Waals surface area contributed by atoms with Crippen LogP contribution in [-0.4, -0.2) is 23.2 Å². The zero-order chi connectivity index (χ0) is 16.8. The van der Waals surface area contributed by atoms with Crippen LogP contribution < -0.4 is 5.32 Å². The number of carboxylic acids is 1. The quantitative estimate of drug-likeness (QED) is 0.845. The van der Waals surface area contributed by atoms with Crippen LogP contribution >= 0.6 is 0 Å². The third-order valence-corrected chi connectivity index (χ3v) is 5.02. The Morgan fingerprint density at radius 1 is 0.958 bits per heavy atom. The van der Waals surface area contributed by atoms with Crippen molar-refractivity contribution >= 4 is 5.97 Å². The summed E-state index contributed by atoms with van der Waals surface area (Å²) in [4.78, 5) is 11.6. The Morgan fingerprint density at radius 3 is 2.12 bits per heavy atom. The van der Waals surface area contributed by atoms with Crippen LogP contribution in [0.3, 0.4) is 0 Å². The minimum Gasteiger partial charge on any atom is -0.480 e. The number of carbonyl (C=O) groups is 1. The number of rotatable bonds is 6. The van der Waals surface area contributed by atoms with Gasteiger partial charge in [-0.2, -0.15) is 0 Å². The highest BCUT2D eigenvalue weighted by molar-refractivity contribution is 5.74. The van der Waals surface area contributed by atoms with Gasteiger partial charge in [0.1, 0.15) is 6.04 Å². The van der Waals surface area contributed by atoms with Gasteiger partial charge in [-0.25, -0.2) is 0 Å². The van der Waals surface area contributed by atoms with E-state index in [1.807, 2.05) is 30.3 Å². The van der Waals surface area contributed by atoms with Crippen LogP contribution in [0.2, 0.25) is 0 Å². The normalized spacial score (nSPS) is 22.0. The van der Waals surface area contributed by atoms with Crippen molar-refractivity contribution in [3.8, 4) is 0 Å². The second-order valence-electron chi connectivity index (χ2n) is 6.71. The lowest BCUT2D eigenvalue weighted by Crippen LogP contribution is -2.45. The van der Waals surface area contributed by atoms with E-state index in [2.05, 4.69) is 35.6 Å². The van der Waals surface area contributed by atoms with Gasteiger partial charge in [-0.3, -0.25) is 4.79 Å². The predicted octanol–water partition coefficient (Wildman–Crippen LogP) is 4.00. The van der Waals surface area contributed by atoms with Gasteiger partial charge in [-0.1, -0.05) is 60.7 Å². The van der Waals surface area contributed by atoms with Gasteiger partial charge in [0.2, 0.25) is 0 Å². The summed E-state index contributed by atoms with van der Waals surface area (Å²) in [6, 6.07) is 20.3. The molecule has 0 radical (unpaired) electrons. The van der Waals surface area contributed by atoms with Gasteiger partial charge < -0.3 is 10.4 Å². The van der Waals surface area contributed by atoms with Crippen molar-refractivity contribution in [1.82, 2.24) is 5.32 Å². The fourth-order valence-electron chi connectivity index (χ4n) is 3.67. The molecular weight excluding hydrogens is 298 g/mol. The van der Waals surface area contributed by atoms with Crippen LogP contribution in [0.15, 0.2) is 60.7 Å². The van der Waals surface area contributed by atoms with E-state index in [1.165, 1.54) is 5.56 Å². The molecule has 3 rings (SSSR count). The molecule has 0 saturated heterocycles. The SMILES string of the molecule is O=C(O)[C@@H](Cc1ccccc1)NC1CCC(c2ccccc2)CC1. The standard InChI is InChI=1S/C21H25NO2/c23-21(24)20(15-16-7-3-1-4-8-16)22-19-13-11-18(12-14-19)17-9-5-2-6-10-17/h1-10,18-20,22H,11-15H2,(H,23,24)/t18?,19?,20-/m1/s1. The number of hydrogen-bond acceptors (Lipinski definition) is 2. The van der Waals surface area contributed by atoms with E-state index in [0.29, 0.717) is 18.4 Å². The zero-order valence-corrected chi connectivity index (χ0v) is 13.9. The van der Waals surface area contributed by atoms with E-state index in [0.717, 1.165) is 31.2 Å². The van der Waals surface area contributed by atoms with Crippen LogP contribution in [0.1, 0.15) is 42.7 Å².